The van der Waals surface area contributed by atoms with Gasteiger partial charge in [-0.25, -0.2) is 0 Å². The Morgan fingerprint density at radius 1 is 1.37 bits per heavy atom. The van der Waals surface area contributed by atoms with Crippen molar-refractivity contribution in [3.8, 4) is 5.75 Å². The molecular weight excluding hydrogens is 340 g/mol. The maximum atomic E-state index is 12.8. The summed E-state index contributed by atoms with van der Waals surface area (Å²) in [6.07, 6.45) is 4.95. The lowest BCUT2D eigenvalue weighted by molar-refractivity contribution is -0.150. The van der Waals surface area contributed by atoms with Crippen molar-refractivity contribution in [3.63, 3.8) is 0 Å². The molecule has 3 aliphatic rings. The minimum atomic E-state index is 0.166. The summed E-state index contributed by atoms with van der Waals surface area (Å²) in [5.74, 6) is 1.86. The third kappa shape index (κ3) is 3.85. The first-order valence-corrected chi connectivity index (χ1v) is 10.4. The van der Waals surface area contributed by atoms with Gasteiger partial charge in [-0.1, -0.05) is 12.1 Å². The summed E-state index contributed by atoms with van der Waals surface area (Å²) in [5, 5.41) is 0. The van der Waals surface area contributed by atoms with Gasteiger partial charge in [-0.15, -0.1) is 0 Å². The Kier molecular flexibility index (Phi) is 5.42. The maximum Gasteiger partial charge on any atom is 0.227 e. The molecule has 1 aromatic carbocycles. The van der Waals surface area contributed by atoms with Crippen molar-refractivity contribution in [2.24, 2.45) is 5.92 Å². The lowest BCUT2D eigenvalue weighted by atomic mass is 9.75. The van der Waals surface area contributed by atoms with Crippen LogP contribution in [-0.2, 0) is 22.4 Å². The van der Waals surface area contributed by atoms with Crippen LogP contribution in [0.15, 0.2) is 18.2 Å². The molecule has 0 unspecified atom stereocenters. The van der Waals surface area contributed by atoms with Crippen molar-refractivity contribution in [2.45, 2.75) is 44.6 Å². The molecule has 0 aliphatic carbocycles. The smallest absolute Gasteiger partial charge is 0.227 e. The first kappa shape index (κ1) is 18.8. The van der Waals surface area contributed by atoms with E-state index < -0.39 is 0 Å². The van der Waals surface area contributed by atoms with E-state index in [9.17, 15) is 4.79 Å². The largest absolute Gasteiger partial charge is 0.493 e. The second-order valence-electron chi connectivity index (χ2n) is 8.48. The van der Waals surface area contributed by atoms with Crippen molar-refractivity contribution in [2.75, 3.05) is 46.5 Å². The van der Waals surface area contributed by atoms with E-state index in [4.69, 9.17) is 9.47 Å². The Labute approximate surface area is 162 Å². The molecular formula is C22H32N2O3. The molecule has 3 heterocycles. The first-order valence-electron chi connectivity index (χ1n) is 10.4. The lowest BCUT2D eigenvalue weighted by Gasteiger charge is -2.58. The summed E-state index contributed by atoms with van der Waals surface area (Å²) in [5.41, 5.74) is 2.52. The molecule has 1 spiro atoms. The molecule has 0 bridgehead atoms. The van der Waals surface area contributed by atoms with Gasteiger partial charge in [-0.3, -0.25) is 9.69 Å². The molecule has 1 atom stereocenters. The summed E-state index contributed by atoms with van der Waals surface area (Å²) in [4.78, 5) is 17.3. The molecule has 27 heavy (non-hydrogen) atoms. The first-order chi connectivity index (χ1) is 13.1. The van der Waals surface area contributed by atoms with Crippen molar-refractivity contribution in [1.82, 2.24) is 9.80 Å². The average molecular weight is 373 g/mol. The summed E-state index contributed by atoms with van der Waals surface area (Å²) in [7, 11) is 2.21. The fraction of sp³-hybridized carbons (Fsp3) is 0.682. The molecule has 5 nitrogen and oxygen atoms in total. The average Bonchev–Trinajstić information content (AvgIpc) is 2.65. The minimum absolute atomic E-state index is 0.166. The molecule has 0 aromatic heterocycles. The van der Waals surface area contributed by atoms with Gasteiger partial charge in [0.2, 0.25) is 5.91 Å². The Morgan fingerprint density at radius 2 is 2.22 bits per heavy atom. The predicted molar refractivity (Wildman–Crippen MR) is 105 cm³/mol. The highest BCUT2D eigenvalue weighted by Crippen LogP contribution is 2.38. The number of carbonyl (C=O) groups excluding carboxylic acids is 1. The van der Waals surface area contributed by atoms with E-state index in [0.29, 0.717) is 12.3 Å². The number of benzene rings is 1. The molecule has 4 rings (SSSR count). The molecule has 0 saturated carbocycles. The van der Waals surface area contributed by atoms with Crippen LogP contribution in [0.5, 0.6) is 5.75 Å². The maximum absolute atomic E-state index is 12.8. The zero-order valence-electron chi connectivity index (χ0n) is 16.7. The van der Waals surface area contributed by atoms with E-state index in [1.54, 1.807) is 0 Å². The number of hydrogen-bond donors (Lipinski definition) is 0. The van der Waals surface area contributed by atoms with E-state index in [-0.39, 0.29) is 11.4 Å². The van der Waals surface area contributed by atoms with Gasteiger partial charge in [-0.05, 0) is 69.3 Å². The van der Waals surface area contributed by atoms with Crippen LogP contribution in [0.4, 0.5) is 0 Å². The normalized spacial score (nSPS) is 24.2. The van der Waals surface area contributed by atoms with Crippen LogP contribution in [0.2, 0.25) is 0 Å². The van der Waals surface area contributed by atoms with Crippen molar-refractivity contribution in [1.29, 1.82) is 0 Å². The van der Waals surface area contributed by atoms with E-state index in [1.807, 2.05) is 17.0 Å². The van der Waals surface area contributed by atoms with Crippen LogP contribution in [0.1, 0.15) is 37.3 Å². The van der Waals surface area contributed by atoms with Gasteiger partial charge in [0.15, 0.2) is 0 Å². The van der Waals surface area contributed by atoms with Gasteiger partial charge in [-0.2, -0.15) is 0 Å². The Morgan fingerprint density at radius 3 is 3.04 bits per heavy atom. The minimum Gasteiger partial charge on any atom is -0.493 e. The molecule has 2 fully saturated rings. The lowest BCUT2D eigenvalue weighted by Crippen LogP contribution is -2.72. The number of hydrogen-bond acceptors (Lipinski definition) is 4. The van der Waals surface area contributed by atoms with Gasteiger partial charge in [0.05, 0.1) is 18.6 Å². The summed E-state index contributed by atoms with van der Waals surface area (Å²) in [6, 6.07) is 6.23. The Bertz CT molecular complexity index is 682. The fourth-order valence-corrected chi connectivity index (χ4v) is 4.86. The van der Waals surface area contributed by atoms with Crippen LogP contribution in [0, 0.1) is 5.92 Å². The second kappa shape index (κ2) is 7.80. The number of piperidine rings is 1. The number of likely N-dealkylation sites (tertiary alicyclic amines) is 2. The third-order valence-corrected chi connectivity index (χ3v) is 6.56. The third-order valence-electron chi connectivity index (χ3n) is 6.56. The molecule has 3 aliphatic heterocycles. The quantitative estimate of drug-likeness (QED) is 0.797. The number of fused-ring (bicyclic) bond motifs is 1. The van der Waals surface area contributed by atoms with E-state index >= 15 is 0 Å². The Balaban J connectivity index is 1.34. The zero-order valence-corrected chi connectivity index (χ0v) is 16.7. The van der Waals surface area contributed by atoms with E-state index in [1.165, 1.54) is 12.0 Å². The molecule has 1 amide bonds. The van der Waals surface area contributed by atoms with Gasteiger partial charge in [0.1, 0.15) is 5.75 Å². The van der Waals surface area contributed by atoms with Gasteiger partial charge >= 0.3 is 0 Å². The summed E-state index contributed by atoms with van der Waals surface area (Å²) in [6.45, 7) is 7.33. The van der Waals surface area contributed by atoms with E-state index in [2.05, 4.69) is 24.9 Å². The number of nitrogens with zero attached hydrogens (tertiary/aromatic N) is 2. The molecule has 2 saturated heterocycles. The molecule has 0 N–H and O–H groups in total. The Hall–Kier alpha value is -1.59. The number of amides is 1. The summed E-state index contributed by atoms with van der Waals surface area (Å²) >= 11 is 0. The standard InChI is InChI=1S/C22H32N2O3/c1-3-26-14-18-8-9-23(2)22(13-18)15-24(16-22)21(25)12-17-6-7-20-19(11-17)5-4-10-27-20/h6-7,11,18H,3-5,8-10,12-16H2,1-2H3/t18-/m0/s1. The van der Waals surface area contributed by atoms with E-state index in [0.717, 1.165) is 70.0 Å². The van der Waals surface area contributed by atoms with Crippen LogP contribution < -0.4 is 4.74 Å². The van der Waals surface area contributed by atoms with Crippen molar-refractivity contribution >= 4 is 5.91 Å². The number of carbonyl (C=O) groups is 1. The van der Waals surface area contributed by atoms with Crippen molar-refractivity contribution in [3.05, 3.63) is 29.3 Å². The van der Waals surface area contributed by atoms with Crippen LogP contribution in [0.3, 0.4) is 0 Å². The SMILES string of the molecule is CCOC[C@H]1CCN(C)C2(C1)CN(C(=O)Cc1ccc3c(c1)CCCO3)C2. The van der Waals surface area contributed by atoms with Crippen LogP contribution in [-0.4, -0.2) is 67.7 Å². The highest BCUT2D eigenvalue weighted by Gasteiger charge is 2.50. The van der Waals surface area contributed by atoms with Gasteiger partial charge in [0, 0.05) is 26.3 Å². The van der Waals surface area contributed by atoms with Crippen LogP contribution >= 0.6 is 0 Å². The van der Waals surface area contributed by atoms with Gasteiger partial charge < -0.3 is 14.4 Å². The molecule has 148 valence electrons. The second-order valence-corrected chi connectivity index (χ2v) is 8.48. The summed E-state index contributed by atoms with van der Waals surface area (Å²) < 4.78 is 11.3. The zero-order chi connectivity index (χ0) is 18.9. The number of rotatable bonds is 5. The predicted octanol–water partition coefficient (Wildman–Crippen LogP) is 2.51. The monoisotopic (exact) mass is 372 g/mol. The molecule has 0 radical (unpaired) electrons. The number of likely N-dealkylation sites (N-methyl/N-ethyl adjacent to an activating group) is 1. The number of ether oxygens (including phenoxy) is 2. The number of aryl methyl sites for hydroxylation is 1. The highest BCUT2D eigenvalue weighted by atomic mass is 16.5. The highest BCUT2D eigenvalue weighted by molar-refractivity contribution is 5.80. The molecule has 5 heteroatoms. The molecule has 1 aromatic rings. The van der Waals surface area contributed by atoms with Gasteiger partial charge in [0.25, 0.3) is 0 Å². The fourth-order valence-electron chi connectivity index (χ4n) is 4.86. The van der Waals surface area contributed by atoms with Crippen molar-refractivity contribution < 1.29 is 14.3 Å². The topological polar surface area (TPSA) is 42.0 Å². The van der Waals surface area contributed by atoms with Crippen LogP contribution in [0.25, 0.3) is 0 Å².